The minimum Gasteiger partial charge on any atom is -0.492 e. The number of ether oxygens (including phenoxy) is 1. The van der Waals surface area contributed by atoms with Crippen molar-refractivity contribution in [1.82, 2.24) is 0 Å². The summed E-state index contributed by atoms with van der Waals surface area (Å²) in [6.45, 7) is -0.335. The molecule has 0 spiro atoms. The molecule has 0 bridgehead atoms. The maximum absolute atomic E-state index is 14.4. The van der Waals surface area contributed by atoms with E-state index in [1.54, 1.807) is 0 Å². The van der Waals surface area contributed by atoms with Crippen molar-refractivity contribution in [3.63, 3.8) is 0 Å². The smallest absolute Gasteiger partial charge is 0.268 e. The van der Waals surface area contributed by atoms with E-state index in [4.69, 9.17) is 40.7 Å². The molecule has 0 aliphatic heterocycles. The van der Waals surface area contributed by atoms with Gasteiger partial charge in [-0.3, -0.25) is 4.55 Å². The molecule has 1 rings (SSSR count). The van der Waals surface area contributed by atoms with E-state index in [1.165, 1.54) is 0 Å². The van der Waals surface area contributed by atoms with Crippen molar-refractivity contribution in [3.05, 3.63) is 28.1 Å². The monoisotopic (exact) mass is 316 g/mol. The van der Waals surface area contributed by atoms with Crippen molar-refractivity contribution in [2.24, 2.45) is 0 Å². The Morgan fingerprint density at radius 1 is 0.909 bits per heavy atom. The largest absolute Gasteiger partial charge is 0.492 e. The molecule has 0 aliphatic rings. The van der Waals surface area contributed by atoms with Gasteiger partial charge in [0.25, 0.3) is 10.1 Å². The van der Waals surface area contributed by atoms with Gasteiger partial charge in [-0.1, -0.05) is 25.3 Å². The SMILES string of the molecule is [B]Cc1c(F)c(C[B])c(C[B])c(OCCS(=O)(=O)O)c1C[B]. The molecule has 0 aromatic heterocycles. The normalized spacial score (nSPS) is 11.5. The summed E-state index contributed by atoms with van der Waals surface area (Å²) in [4.78, 5) is 0. The highest BCUT2D eigenvalue weighted by Crippen LogP contribution is 2.34. The Morgan fingerprint density at radius 3 is 1.64 bits per heavy atom. The zero-order valence-corrected chi connectivity index (χ0v) is 12.8. The predicted molar refractivity (Wildman–Crippen MR) is 86.1 cm³/mol. The highest BCUT2D eigenvalue weighted by atomic mass is 32.2. The zero-order chi connectivity index (χ0) is 16.9. The van der Waals surface area contributed by atoms with Crippen molar-refractivity contribution in [3.8, 4) is 5.75 Å². The molecule has 22 heavy (non-hydrogen) atoms. The average molecular weight is 316 g/mol. The lowest BCUT2D eigenvalue weighted by Gasteiger charge is -2.22. The van der Waals surface area contributed by atoms with E-state index in [0.717, 1.165) is 0 Å². The van der Waals surface area contributed by atoms with Gasteiger partial charge in [-0.25, -0.2) is 4.39 Å². The van der Waals surface area contributed by atoms with Crippen LogP contribution in [0.3, 0.4) is 0 Å². The summed E-state index contributed by atoms with van der Waals surface area (Å²) in [6, 6.07) is 0. The summed E-state index contributed by atoms with van der Waals surface area (Å²) in [5.74, 6) is -1.02. The van der Waals surface area contributed by atoms with Crippen molar-refractivity contribution < 1.29 is 22.1 Å². The fourth-order valence-electron chi connectivity index (χ4n) is 2.18. The van der Waals surface area contributed by atoms with Crippen molar-refractivity contribution >= 4 is 41.5 Å². The number of benzene rings is 1. The molecule has 0 atom stereocenters. The maximum atomic E-state index is 14.4. The number of rotatable bonds is 8. The summed E-state index contributed by atoms with van der Waals surface area (Å²) in [7, 11) is 18.2. The molecule has 1 aromatic carbocycles. The molecule has 0 fully saturated rings. The Morgan fingerprint density at radius 2 is 1.32 bits per heavy atom. The van der Waals surface area contributed by atoms with Gasteiger partial charge in [0.2, 0.25) is 0 Å². The molecule has 0 unspecified atom stereocenters. The van der Waals surface area contributed by atoms with E-state index in [9.17, 15) is 12.8 Å². The third kappa shape index (κ3) is 4.32. The first kappa shape index (κ1) is 19.2. The van der Waals surface area contributed by atoms with Gasteiger partial charge in [-0.2, -0.15) is 8.42 Å². The molecule has 1 aromatic rings. The highest BCUT2D eigenvalue weighted by Gasteiger charge is 2.21. The molecule has 0 saturated heterocycles. The second-order valence-electron chi connectivity index (χ2n) is 4.51. The standard InChI is InChI=1S/C12H13B4FO4S/c13-3-7-9(5-15)12(21-1-2-22(18,19)20)10(6-16)8(4-14)11(7)17/h1-6H2,(H,18,19,20). The minimum atomic E-state index is -4.18. The van der Waals surface area contributed by atoms with Crippen LogP contribution in [-0.4, -0.2) is 56.7 Å². The number of hydrogen-bond donors (Lipinski definition) is 1. The van der Waals surface area contributed by atoms with Crippen LogP contribution in [0.2, 0.25) is 0 Å². The molecular formula is C12H13B4FO4S. The van der Waals surface area contributed by atoms with Crippen LogP contribution in [0.5, 0.6) is 5.75 Å². The number of hydrogen-bond acceptors (Lipinski definition) is 3. The fourth-order valence-corrected chi connectivity index (χ4v) is 2.48. The zero-order valence-electron chi connectivity index (χ0n) is 12.0. The van der Waals surface area contributed by atoms with Crippen LogP contribution in [0.1, 0.15) is 22.3 Å². The third-order valence-electron chi connectivity index (χ3n) is 3.21. The van der Waals surface area contributed by atoms with Crippen LogP contribution in [0.15, 0.2) is 0 Å². The van der Waals surface area contributed by atoms with E-state index < -0.39 is 21.7 Å². The second-order valence-corrected chi connectivity index (χ2v) is 6.08. The number of halogens is 1. The lowest BCUT2D eigenvalue weighted by molar-refractivity contribution is 0.329. The fraction of sp³-hybridized carbons (Fsp3) is 0.500. The molecule has 0 amide bonds. The van der Waals surface area contributed by atoms with Crippen LogP contribution in [0.25, 0.3) is 0 Å². The first-order valence-electron chi connectivity index (χ1n) is 6.53. The average Bonchev–Trinajstić information content (AvgIpc) is 2.45. The van der Waals surface area contributed by atoms with E-state index in [1.807, 2.05) is 0 Å². The Labute approximate surface area is 135 Å². The van der Waals surface area contributed by atoms with Crippen LogP contribution in [0.4, 0.5) is 4.39 Å². The Bertz CT molecular complexity index is 603. The molecule has 1 N–H and O–H groups in total. The van der Waals surface area contributed by atoms with Gasteiger partial charge in [0.15, 0.2) is 0 Å². The van der Waals surface area contributed by atoms with Gasteiger partial charge in [0.05, 0.1) is 31.4 Å². The molecule has 8 radical (unpaired) electrons. The van der Waals surface area contributed by atoms with Crippen molar-refractivity contribution in [2.45, 2.75) is 25.3 Å². The molecular weight excluding hydrogens is 302 g/mol. The first-order chi connectivity index (χ1) is 10.3. The summed E-state index contributed by atoms with van der Waals surface area (Å²) in [5.41, 5.74) is 0.935. The quantitative estimate of drug-likeness (QED) is 0.531. The van der Waals surface area contributed by atoms with Gasteiger partial charge >= 0.3 is 0 Å². The Kier molecular flexibility index (Phi) is 7.06. The minimum absolute atomic E-state index is 0.0670. The molecule has 10 heteroatoms. The first-order valence-corrected chi connectivity index (χ1v) is 8.14. The predicted octanol–water partition coefficient (Wildman–Crippen LogP) is -0.234. The Balaban J connectivity index is 3.38. The molecule has 0 heterocycles. The topological polar surface area (TPSA) is 63.6 Å². The second kappa shape index (κ2) is 8.11. The lowest BCUT2D eigenvalue weighted by Crippen LogP contribution is -2.17. The highest BCUT2D eigenvalue weighted by molar-refractivity contribution is 7.85. The molecule has 0 saturated carbocycles. The van der Waals surface area contributed by atoms with Gasteiger partial charge in [0, 0.05) is 0 Å². The summed E-state index contributed by atoms with van der Waals surface area (Å²) < 4.78 is 50.0. The third-order valence-corrected chi connectivity index (χ3v) is 3.89. The molecule has 110 valence electrons. The van der Waals surface area contributed by atoms with Crippen molar-refractivity contribution in [2.75, 3.05) is 12.4 Å². The lowest BCUT2D eigenvalue weighted by atomic mass is 9.77. The van der Waals surface area contributed by atoms with Crippen LogP contribution >= 0.6 is 0 Å². The summed E-state index contributed by atoms with van der Waals surface area (Å²) >= 11 is 0. The summed E-state index contributed by atoms with van der Waals surface area (Å²) in [6.07, 6.45) is -0.374. The molecule has 0 aliphatic carbocycles. The van der Waals surface area contributed by atoms with E-state index in [2.05, 4.69) is 0 Å². The summed E-state index contributed by atoms with van der Waals surface area (Å²) in [5, 5.41) is 0. The van der Waals surface area contributed by atoms with Crippen LogP contribution in [0, 0.1) is 5.82 Å². The maximum Gasteiger partial charge on any atom is 0.268 e. The molecule has 4 nitrogen and oxygen atoms in total. The van der Waals surface area contributed by atoms with Gasteiger partial charge in [-0.15, -0.1) is 0 Å². The Hall–Kier alpha value is -0.880. The van der Waals surface area contributed by atoms with Gasteiger partial charge in [0.1, 0.15) is 23.9 Å². The van der Waals surface area contributed by atoms with Gasteiger partial charge < -0.3 is 4.74 Å². The van der Waals surface area contributed by atoms with E-state index in [0.29, 0.717) is 11.1 Å². The van der Waals surface area contributed by atoms with Gasteiger partial charge in [-0.05, 0) is 22.3 Å². The van der Waals surface area contributed by atoms with Crippen molar-refractivity contribution in [1.29, 1.82) is 0 Å². The van der Waals surface area contributed by atoms with Crippen LogP contribution < -0.4 is 4.74 Å². The van der Waals surface area contributed by atoms with E-state index >= 15 is 0 Å². The van der Waals surface area contributed by atoms with Crippen LogP contribution in [-0.2, 0) is 35.4 Å². The van der Waals surface area contributed by atoms with E-state index in [-0.39, 0.29) is 48.8 Å².